The highest BCUT2D eigenvalue weighted by Gasteiger charge is 2.18. The molecule has 2 nitrogen and oxygen atoms in total. The van der Waals surface area contributed by atoms with E-state index in [9.17, 15) is 0 Å². The first-order chi connectivity index (χ1) is 6.79. The average Bonchev–Trinajstić information content (AvgIpc) is 2.19. The second-order valence-electron chi connectivity index (χ2n) is 3.77. The van der Waals surface area contributed by atoms with E-state index in [2.05, 4.69) is 33.0 Å². The first-order valence-corrected chi connectivity index (χ1v) is 6.14. The van der Waals surface area contributed by atoms with E-state index in [1.54, 1.807) is 0 Å². The minimum Gasteiger partial charge on any atom is -0.377 e. The number of ether oxygens (including phenoxy) is 1. The monoisotopic (exact) mass is 201 g/mol. The number of nitrogens with one attached hydrogen (secondary N) is 1. The maximum atomic E-state index is 5.85. The van der Waals surface area contributed by atoms with Gasteiger partial charge in [-0.05, 0) is 25.8 Å². The van der Waals surface area contributed by atoms with Gasteiger partial charge in [-0.3, -0.25) is 0 Å². The molecule has 0 rings (SSSR count). The third kappa shape index (κ3) is 5.61. The van der Waals surface area contributed by atoms with E-state index in [4.69, 9.17) is 4.74 Å². The van der Waals surface area contributed by atoms with Crippen molar-refractivity contribution >= 4 is 0 Å². The first-order valence-electron chi connectivity index (χ1n) is 6.14. The lowest BCUT2D eigenvalue weighted by atomic mass is 10.0. The number of likely N-dealkylation sites (N-methyl/N-ethyl adjacent to an activating group) is 1. The predicted octanol–water partition coefficient (Wildman–Crippen LogP) is 2.97. The van der Waals surface area contributed by atoms with E-state index in [1.165, 1.54) is 12.8 Å². The van der Waals surface area contributed by atoms with Crippen molar-refractivity contribution in [2.45, 2.75) is 65.5 Å². The highest BCUT2D eigenvalue weighted by Crippen LogP contribution is 2.10. The Morgan fingerprint density at radius 1 is 1.07 bits per heavy atom. The van der Waals surface area contributed by atoms with Crippen molar-refractivity contribution < 1.29 is 4.74 Å². The van der Waals surface area contributed by atoms with Crippen molar-refractivity contribution in [3.8, 4) is 0 Å². The third-order valence-electron chi connectivity index (χ3n) is 2.45. The summed E-state index contributed by atoms with van der Waals surface area (Å²) in [6.07, 6.45) is 5.06. The summed E-state index contributed by atoms with van der Waals surface area (Å²) in [5.41, 5.74) is 0. The van der Waals surface area contributed by atoms with E-state index in [1.807, 2.05) is 0 Å². The van der Waals surface area contributed by atoms with Gasteiger partial charge in [0.15, 0.2) is 0 Å². The zero-order chi connectivity index (χ0) is 10.8. The molecule has 0 aliphatic carbocycles. The summed E-state index contributed by atoms with van der Waals surface area (Å²) >= 11 is 0. The quantitative estimate of drug-likeness (QED) is 0.619. The maximum Gasteiger partial charge on any atom is 0.0725 e. The molecule has 2 atom stereocenters. The Kier molecular flexibility index (Phi) is 9.42. The molecule has 0 saturated heterocycles. The summed E-state index contributed by atoms with van der Waals surface area (Å²) in [7, 11) is 0. The fraction of sp³-hybridized carbons (Fsp3) is 1.00. The van der Waals surface area contributed by atoms with Gasteiger partial charge >= 0.3 is 0 Å². The second kappa shape index (κ2) is 9.47. The lowest BCUT2D eigenvalue weighted by molar-refractivity contribution is 0.0223. The number of hydrogen-bond donors (Lipinski definition) is 1. The fourth-order valence-electron chi connectivity index (χ4n) is 1.78. The van der Waals surface area contributed by atoms with Crippen LogP contribution in [0.25, 0.3) is 0 Å². The molecule has 2 unspecified atom stereocenters. The molecular formula is C12H27NO. The largest absolute Gasteiger partial charge is 0.377 e. The number of rotatable bonds is 9. The highest BCUT2D eigenvalue weighted by atomic mass is 16.5. The smallest absolute Gasteiger partial charge is 0.0725 e. The lowest BCUT2D eigenvalue weighted by Gasteiger charge is -2.26. The van der Waals surface area contributed by atoms with Gasteiger partial charge in [0, 0.05) is 12.6 Å². The van der Waals surface area contributed by atoms with Crippen LogP contribution in [0.3, 0.4) is 0 Å². The second-order valence-corrected chi connectivity index (χ2v) is 3.77. The topological polar surface area (TPSA) is 21.3 Å². The Labute approximate surface area is 89.4 Å². The van der Waals surface area contributed by atoms with Gasteiger partial charge in [0.05, 0.1) is 6.10 Å². The van der Waals surface area contributed by atoms with Crippen LogP contribution < -0.4 is 5.32 Å². The molecule has 0 aromatic rings. The SMILES string of the molecule is CCCOC(CC)C(CCC)NCC. The zero-order valence-electron chi connectivity index (χ0n) is 10.3. The predicted molar refractivity (Wildman–Crippen MR) is 62.7 cm³/mol. The van der Waals surface area contributed by atoms with Crippen LogP contribution in [0, 0.1) is 0 Å². The molecule has 0 aromatic carbocycles. The summed E-state index contributed by atoms with van der Waals surface area (Å²) in [5.74, 6) is 0. The molecule has 0 heterocycles. The molecule has 0 fully saturated rings. The number of hydrogen-bond acceptors (Lipinski definition) is 2. The minimum atomic E-state index is 0.398. The normalized spacial score (nSPS) is 15.4. The van der Waals surface area contributed by atoms with Gasteiger partial charge in [-0.1, -0.05) is 34.1 Å². The Morgan fingerprint density at radius 2 is 1.79 bits per heavy atom. The van der Waals surface area contributed by atoms with E-state index < -0.39 is 0 Å². The molecule has 0 aliphatic rings. The van der Waals surface area contributed by atoms with Crippen LogP contribution in [0.2, 0.25) is 0 Å². The summed E-state index contributed by atoms with van der Waals surface area (Å²) in [6.45, 7) is 10.7. The van der Waals surface area contributed by atoms with Gasteiger partial charge in [0.2, 0.25) is 0 Å². The molecule has 86 valence electrons. The summed E-state index contributed by atoms with van der Waals surface area (Å²) in [5, 5.41) is 3.52. The van der Waals surface area contributed by atoms with Gasteiger partial charge in [-0.2, -0.15) is 0 Å². The van der Waals surface area contributed by atoms with Gasteiger partial charge in [-0.25, -0.2) is 0 Å². The average molecular weight is 201 g/mol. The van der Waals surface area contributed by atoms with E-state index >= 15 is 0 Å². The van der Waals surface area contributed by atoms with Gasteiger partial charge < -0.3 is 10.1 Å². The standard InChI is InChI=1S/C12H27NO/c1-5-9-11(13-8-4)12(7-3)14-10-6-2/h11-13H,5-10H2,1-4H3. The van der Waals surface area contributed by atoms with Crippen molar-refractivity contribution in [2.24, 2.45) is 0 Å². The Morgan fingerprint density at radius 3 is 2.21 bits per heavy atom. The minimum absolute atomic E-state index is 0.398. The van der Waals surface area contributed by atoms with Crippen molar-refractivity contribution in [3.05, 3.63) is 0 Å². The van der Waals surface area contributed by atoms with Crippen LogP contribution in [0.4, 0.5) is 0 Å². The van der Waals surface area contributed by atoms with Crippen molar-refractivity contribution in [2.75, 3.05) is 13.2 Å². The zero-order valence-corrected chi connectivity index (χ0v) is 10.3. The van der Waals surface area contributed by atoms with Gasteiger partial charge in [-0.15, -0.1) is 0 Å². The summed E-state index contributed by atoms with van der Waals surface area (Å²) < 4.78 is 5.85. The molecule has 0 bridgehead atoms. The molecule has 0 saturated carbocycles. The van der Waals surface area contributed by atoms with Crippen LogP contribution in [0.15, 0.2) is 0 Å². The Bertz CT molecular complexity index is 111. The van der Waals surface area contributed by atoms with E-state index in [-0.39, 0.29) is 0 Å². The Balaban J connectivity index is 3.96. The third-order valence-corrected chi connectivity index (χ3v) is 2.45. The van der Waals surface area contributed by atoms with Crippen LogP contribution >= 0.6 is 0 Å². The van der Waals surface area contributed by atoms with E-state index in [0.717, 1.165) is 26.0 Å². The van der Waals surface area contributed by atoms with Crippen molar-refractivity contribution in [1.29, 1.82) is 0 Å². The lowest BCUT2D eigenvalue weighted by Crippen LogP contribution is -2.41. The Hall–Kier alpha value is -0.0800. The van der Waals surface area contributed by atoms with Gasteiger partial charge in [0.1, 0.15) is 0 Å². The molecule has 1 N–H and O–H groups in total. The molecule has 14 heavy (non-hydrogen) atoms. The first kappa shape index (κ1) is 13.9. The molecule has 0 aromatic heterocycles. The highest BCUT2D eigenvalue weighted by molar-refractivity contribution is 4.75. The maximum absolute atomic E-state index is 5.85. The van der Waals surface area contributed by atoms with Crippen LogP contribution in [-0.4, -0.2) is 25.3 Å². The molecular weight excluding hydrogens is 174 g/mol. The van der Waals surface area contributed by atoms with Crippen molar-refractivity contribution in [1.82, 2.24) is 5.32 Å². The van der Waals surface area contributed by atoms with Crippen LogP contribution in [0.1, 0.15) is 53.4 Å². The summed E-state index contributed by atoms with van der Waals surface area (Å²) in [4.78, 5) is 0. The van der Waals surface area contributed by atoms with Crippen LogP contribution in [-0.2, 0) is 4.74 Å². The molecule has 2 heteroatoms. The van der Waals surface area contributed by atoms with Crippen LogP contribution in [0.5, 0.6) is 0 Å². The fourth-order valence-corrected chi connectivity index (χ4v) is 1.78. The molecule has 0 amide bonds. The van der Waals surface area contributed by atoms with Gasteiger partial charge in [0.25, 0.3) is 0 Å². The summed E-state index contributed by atoms with van der Waals surface area (Å²) in [6, 6.07) is 0.543. The molecule has 0 spiro atoms. The molecule has 0 radical (unpaired) electrons. The van der Waals surface area contributed by atoms with E-state index in [0.29, 0.717) is 12.1 Å². The van der Waals surface area contributed by atoms with Crippen molar-refractivity contribution in [3.63, 3.8) is 0 Å². The molecule has 0 aliphatic heterocycles.